The Hall–Kier alpha value is -2.19. The van der Waals surface area contributed by atoms with E-state index in [-0.39, 0.29) is 5.75 Å². The Bertz CT molecular complexity index is 896. The Labute approximate surface area is 159 Å². The lowest BCUT2D eigenvalue weighted by molar-refractivity contribution is -0.153. The van der Waals surface area contributed by atoms with Gasteiger partial charge in [-0.1, -0.05) is 36.0 Å². The Morgan fingerprint density at radius 2 is 1.93 bits per heavy atom. The van der Waals surface area contributed by atoms with Gasteiger partial charge in [0, 0.05) is 19.4 Å². The normalized spacial score (nSPS) is 11.9. The van der Waals surface area contributed by atoms with Crippen molar-refractivity contribution in [1.29, 1.82) is 0 Å². The van der Waals surface area contributed by atoms with Crippen LogP contribution in [0.2, 0.25) is 0 Å². The fraction of sp³-hybridized carbons (Fsp3) is 0.316. The number of nitrogens with zero attached hydrogens (tertiary/aromatic N) is 2. The molecule has 1 aromatic heterocycles. The van der Waals surface area contributed by atoms with E-state index in [0.717, 1.165) is 21.8 Å². The first kappa shape index (κ1) is 19.6. The van der Waals surface area contributed by atoms with Gasteiger partial charge in [0.25, 0.3) is 0 Å². The molecule has 0 radical (unpaired) electrons. The molecule has 0 spiro atoms. The van der Waals surface area contributed by atoms with Crippen LogP contribution in [-0.2, 0) is 17.0 Å². The highest BCUT2D eigenvalue weighted by atomic mass is 32.2. The number of para-hydroxylation sites is 2. The maximum atomic E-state index is 12.3. The Morgan fingerprint density at radius 3 is 2.70 bits per heavy atom. The van der Waals surface area contributed by atoms with Gasteiger partial charge in [-0.05, 0) is 29.8 Å². The second-order valence-corrected chi connectivity index (χ2v) is 6.81. The van der Waals surface area contributed by atoms with Gasteiger partial charge >= 0.3 is 6.18 Å². The summed E-state index contributed by atoms with van der Waals surface area (Å²) in [5.41, 5.74) is 2.79. The molecule has 0 fully saturated rings. The first-order chi connectivity index (χ1) is 13.0. The SMILES string of the molecule is COCCn1c(SCc2cccc(OCC(F)(F)F)c2)nc2ccccc21. The van der Waals surface area contributed by atoms with Crippen LogP contribution >= 0.6 is 11.8 Å². The number of fused-ring (bicyclic) bond motifs is 1. The molecule has 3 rings (SSSR count). The maximum Gasteiger partial charge on any atom is 0.422 e. The lowest BCUT2D eigenvalue weighted by atomic mass is 10.2. The minimum absolute atomic E-state index is 0.207. The molecule has 0 atom stereocenters. The van der Waals surface area contributed by atoms with E-state index in [4.69, 9.17) is 9.47 Å². The zero-order valence-electron chi connectivity index (χ0n) is 14.7. The summed E-state index contributed by atoms with van der Waals surface area (Å²) < 4.78 is 49.0. The predicted molar refractivity (Wildman–Crippen MR) is 99.2 cm³/mol. The van der Waals surface area contributed by atoms with Crippen LogP contribution in [0.3, 0.4) is 0 Å². The smallest absolute Gasteiger partial charge is 0.422 e. The zero-order valence-corrected chi connectivity index (χ0v) is 15.5. The van der Waals surface area contributed by atoms with E-state index in [1.807, 2.05) is 30.3 Å². The van der Waals surface area contributed by atoms with Crippen LogP contribution in [0.1, 0.15) is 5.56 Å². The number of benzene rings is 2. The van der Waals surface area contributed by atoms with Crippen LogP contribution in [0.25, 0.3) is 11.0 Å². The van der Waals surface area contributed by atoms with Gasteiger partial charge in [-0.3, -0.25) is 0 Å². The first-order valence-corrected chi connectivity index (χ1v) is 9.30. The highest BCUT2D eigenvalue weighted by Crippen LogP contribution is 2.28. The molecule has 0 N–H and O–H groups in total. The number of hydrogen-bond acceptors (Lipinski definition) is 4. The average Bonchev–Trinajstić information content (AvgIpc) is 3.00. The molecule has 8 heteroatoms. The number of rotatable bonds is 8. The quantitative estimate of drug-likeness (QED) is 0.507. The van der Waals surface area contributed by atoms with E-state index < -0.39 is 12.8 Å². The van der Waals surface area contributed by atoms with Gasteiger partial charge in [0.1, 0.15) is 5.75 Å². The fourth-order valence-electron chi connectivity index (χ4n) is 2.60. The molecule has 3 aromatic rings. The molecule has 144 valence electrons. The van der Waals surface area contributed by atoms with Crippen molar-refractivity contribution in [3.8, 4) is 5.75 Å². The number of thioether (sulfide) groups is 1. The molecule has 0 saturated heterocycles. The van der Waals surface area contributed by atoms with E-state index in [9.17, 15) is 13.2 Å². The maximum absolute atomic E-state index is 12.3. The molecule has 4 nitrogen and oxygen atoms in total. The summed E-state index contributed by atoms with van der Waals surface area (Å²) in [5, 5.41) is 0.842. The molecule has 0 bridgehead atoms. The summed E-state index contributed by atoms with van der Waals surface area (Å²) in [6.45, 7) is -0.0564. The van der Waals surface area contributed by atoms with Crippen molar-refractivity contribution < 1.29 is 22.6 Å². The average molecular weight is 396 g/mol. The molecular weight excluding hydrogens is 377 g/mol. The molecule has 0 unspecified atom stereocenters. The van der Waals surface area contributed by atoms with Crippen LogP contribution in [0.15, 0.2) is 53.7 Å². The highest BCUT2D eigenvalue weighted by molar-refractivity contribution is 7.98. The summed E-state index contributed by atoms with van der Waals surface area (Å²) in [7, 11) is 1.65. The van der Waals surface area contributed by atoms with Crippen molar-refractivity contribution in [3.05, 3.63) is 54.1 Å². The number of aromatic nitrogens is 2. The topological polar surface area (TPSA) is 36.3 Å². The molecular formula is C19H19F3N2O2S. The second-order valence-electron chi connectivity index (χ2n) is 5.87. The monoisotopic (exact) mass is 396 g/mol. The molecule has 0 aliphatic rings. The van der Waals surface area contributed by atoms with E-state index in [0.29, 0.717) is 18.9 Å². The first-order valence-electron chi connectivity index (χ1n) is 8.32. The zero-order chi connectivity index (χ0) is 19.3. The Morgan fingerprint density at radius 1 is 1.11 bits per heavy atom. The van der Waals surface area contributed by atoms with Crippen molar-refractivity contribution in [2.24, 2.45) is 0 Å². The van der Waals surface area contributed by atoms with Gasteiger partial charge in [-0.2, -0.15) is 13.2 Å². The lowest BCUT2D eigenvalue weighted by Crippen LogP contribution is -2.19. The van der Waals surface area contributed by atoms with Crippen LogP contribution < -0.4 is 4.74 Å². The summed E-state index contributed by atoms with van der Waals surface area (Å²) in [4.78, 5) is 4.66. The van der Waals surface area contributed by atoms with E-state index in [1.54, 1.807) is 19.2 Å². The summed E-state index contributed by atoms with van der Waals surface area (Å²) in [6.07, 6.45) is -4.35. The van der Waals surface area contributed by atoms with Gasteiger partial charge in [0.2, 0.25) is 0 Å². The largest absolute Gasteiger partial charge is 0.484 e. The lowest BCUT2D eigenvalue weighted by Gasteiger charge is -2.11. The molecule has 0 amide bonds. The van der Waals surface area contributed by atoms with Gasteiger partial charge in [0.15, 0.2) is 11.8 Å². The minimum atomic E-state index is -4.35. The predicted octanol–water partition coefficient (Wildman–Crippen LogP) is 4.92. The number of hydrogen-bond donors (Lipinski definition) is 0. The van der Waals surface area contributed by atoms with E-state index >= 15 is 0 Å². The standard InChI is InChI=1S/C19H19F3N2O2S/c1-25-10-9-24-17-8-3-2-7-16(17)23-18(24)27-12-14-5-4-6-15(11-14)26-13-19(20,21)22/h2-8,11H,9-10,12-13H2,1H3. The second kappa shape index (κ2) is 8.67. The van der Waals surface area contributed by atoms with Crippen LogP contribution in [-0.4, -0.2) is 36.1 Å². The Balaban J connectivity index is 1.73. The minimum Gasteiger partial charge on any atom is -0.484 e. The summed E-state index contributed by atoms with van der Waals surface area (Å²) >= 11 is 1.53. The molecule has 0 aliphatic heterocycles. The third-order valence-electron chi connectivity index (χ3n) is 3.81. The van der Waals surface area contributed by atoms with E-state index in [2.05, 4.69) is 9.55 Å². The fourth-order valence-corrected chi connectivity index (χ4v) is 3.58. The van der Waals surface area contributed by atoms with Crippen molar-refractivity contribution in [2.75, 3.05) is 20.3 Å². The third kappa shape index (κ3) is 5.40. The van der Waals surface area contributed by atoms with Crippen LogP contribution in [0, 0.1) is 0 Å². The van der Waals surface area contributed by atoms with Crippen molar-refractivity contribution in [1.82, 2.24) is 9.55 Å². The number of alkyl halides is 3. The van der Waals surface area contributed by atoms with Gasteiger partial charge in [0.05, 0.1) is 17.6 Å². The van der Waals surface area contributed by atoms with Gasteiger partial charge in [-0.25, -0.2) is 4.98 Å². The molecule has 2 aromatic carbocycles. The van der Waals surface area contributed by atoms with E-state index in [1.165, 1.54) is 17.8 Å². The number of imidazole rings is 1. The third-order valence-corrected chi connectivity index (χ3v) is 4.85. The number of halogens is 3. The molecule has 0 aliphatic carbocycles. The molecule has 0 saturated carbocycles. The molecule has 27 heavy (non-hydrogen) atoms. The Kier molecular flexibility index (Phi) is 6.28. The van der Waals surface area contributed by atoms with Gasteiger partial charge in [-0.15, -0.1) is 0 Å². The van der Waals surface area contributed by atoms with Crippen molar-refractivity contribution in [2.45, 2.75) is 23.6 Å². The highest BCUT2D eigenvalue weighted by Gasteiger charge is 2.28. The summed E-state index contributed by atoms with van der Waals surface area (Å²) in [5.74, 6) is 0.776. The van der Waals surface area contributed by atoms with Crippen molar-refractivity contribution >= 4 is 22.8 Å². The summed E-state index contributed by atoms with van der Waals surface area (Å²) in [6, 6.07) is 14.6. The van der Waals surface area contributed by atoms with Crippen LogP contribution in [0.4, 0.5) is 13.2 Å². The van der Waals surface area contributed by atoms with Crippen molar-refractivity contribution in [3.63, 3.8) is 0 Å². The van der Waals surface area contributed by atoms with Gasteiger partial charge < -0.3 is 14.0 Å². The number of methoxy groups -OCH3 is 1. The van der Waals surface area contributed by atoms with Crippen LogP contribution in [0.5, 0.6) is 5.75 Å². The molecule has 1 heterocycles. The number of ether oxygens (including phenoxy) is 2.